The summed E-state index contributed by atoms with van der Waals surface area (Å²) < 4.78 is 6.28. The zero-order valence-corrected chi connectivity index (χ0v) is 15.9. The Kier molecular flexibility index (Phi) is 3.97. The smallest absolute Gasteiger partial charge is 0.319 e. The van der Waals surface area contributed by atoms with Crippen molar-refractivity contribution in [3.8, 4) is 5.75 Å². The summed E-state index contributed by atoms with van der Waals surface area (Å²) in [6.45, 7) is 1.98. The van der Waals surface area contributed by atoms with Gasteiger partial charge in [-0.15, -0.1) is 0 Å². The van der Waals surface area contributed by atoms with Gasteiger partial charge in [-0.2, -0.15) is 0 Å². The third-order valence-electron chi connectivity index (χ3n) is 6.02. The van der Waals surface area contributed by atoms with Crippen molar-refractivity contribution < 1.29 is 9.53 Å². The van der Waals surface area contributed by atoms with Crippen LogP contribution in [0.15, 0.2) is 54.7 Å². The molecule has 0 radical (unpaired) electrons. The number of rotatable bonds is 2. The molecule has 1 aliphatic heterocycles. The van der Waals surface area contributed by atoms with E-state index in [1.165, 1.54) is 6.42 Å². The molecule has 2 heterocycles. The number of fused-ring (bicyclic) bond motifs is 2. The van der Waals surface area contributed by atoms with Crippen LogP contribution in [-0.4, -0.2) is 16.6 Å². The Hall–Kier alpha value is -3.08. The van der Waals surface area contributed by atoms with E-state index >= 15 is 0 Å². The number of benzene rings is 2. The topological polar surface area (TPSA) is 63.2 Å². The number of hydrogen-bond acceptors (Lipinski definition) is 3. The van der Waals surface area contributed by atoms with Gasteiger partial charge in [-0.3, -0.25) is 4.98 Å². The van der Waals surface area contributed by atoms with Crippen LogP contribution in [0.25, 0.3) is 10.8 Å². The molecule has 28 heavy (non-hydrogen) atoms. The molecule has 1 aliphatic carbocycles. The van der Waals surface area contributed by atoms with E-state index in [2.05, 4.69) is 15.6 Å². The first-order valence-corrected chi connectivity index (χ1v) is 9.83. The summed E-state index contributed by atoms with van der Waals surface area (Å²) in [6.07, 6.45) is 5.88. The number of amides is 2. The van der Waals surface area contributed by atoms with Gasteiger partial charge in [-0.1, -0.05) is 30.3 Å². The number of anilines is 1. The Morgan fingerprint density at radius 3 is 2.79 bits per heavy atom. The van der Waals surface area contributed by atoms with Gasteiger partial charge in [0.25, 0.3) is 0 Å². The number of nitrogens with one attached hydrogen (secondary N) is 2. The van der Waals surface area contributed by atoms with E-state index in [-0.39, 0.29) is 17.7 Å². The number of nitrogens with zero attached hydrogens (tertiary/aromatic N) is 1. The van der Waals surface area contributed by atoms with Crippen molar-refractivity contribution in [2.45, 2.75) is 44.2 Å². The second kappa shape index (κ2) is 6.51. The summed E-state index contributed by atoms with van der Waals surface area (Å²) >= 11 is 0. The number of para-hydroxylation sites is 1. The normalized spacial score (nSPS) is 19.4. The molecule has 1 atom stereocenters. The predicted octanol–water partition coefficient (Wildman–Crippen LogP) is 5.11. The van der Waals surface area contributed by atoms with Gasteiger partial charge in [0.2, 0.25) is 0 Å². The first-order chi connectivity index (χ1) is 13.6. The van der Waals surface area contributed by atoms with Crippen LogP contribution >= 0.6 is 0 Å². The maximum absolute atomic E-state index is 12.9. The average molecular weight is 373 g/mol. The minimum absolute atomic E-state index is 0.0522. The summed E-state index contributed by atoms with van der Waals surface area (Å²) in [5, 5.41) is 8.26. The van der Waals surface area contributed by atoms with Gasteiger partial charge in [-0.25, -0.2) is 4.79 Å². The van der Waals surface area contributed by atoms with Crippen molar-refractivity contribution in [1.82, 2.24) is 10.3 Å². The number of pyridine rings is 1. The van der Waals surface area contributed by atoms with Crippen molar-refractivity contribution in [2.24, 2.45) is 0 Å². The van der Waals surface area contributed by atoms with Crippen LogP contribution in [0.2, 0.25) is 0 Å². The highest BCUT2D eigenvalue weighted by Crippen LogP contribution is 2.48. The van der Waals surface area contributed by atoms with Gasteiger partial charge in [-0.05, 0) is 44.4 Å². The maximum atomic E-state index is 12.9. The van der Waals surface area contributed by atoms with Gasteiger partial charge in [0, 0.05) is 34.6 Å². The number of hydrogen-bond donors (Lipinski definition) is 2. The molecule has 142 valence electrons. The molecule has 3 aromatic rings. The van der Waals surface area contributed by atoms with Crippen molar-refractivity contribution in [3.05, 3.63) is 66.0 Å². The average Bonchev–Trinajstić information content (AvgIpc) is 2.67. The predicted molar refractivity (Wildman–Crippen MR) is 110 cm³/mol. The van der Waals surface area contributed by atoms with E-state index in [0.717, 1.165) is 52.7 Å². The summed E-state index contributed by atoms with van der Waals surface area (Å²) in [5.74, 6) is 0.894. The van der Waals surface area contributed by atoms with Crippen molar-refractivity contribution in [3.63, 3.8) is 0 Å². The summed E-state index contributed by atoms with van der Waals surface area (Å²) in [6, 6.07) is 15.6. The molecular formula is C23H23N3O2. The molecule has 5 heteroatoms. The number of ether oxygens (including phenoxy) is 1. The lowest BCUT2D eigenvalue weighted by molar-refractivity contribution is -0.0354. The van der Waals surface area contributed by atoms with Gasteiger partial charge in [0.15, 0.2) is 0 Å². The highest BCUT2D eigenvalue weighted by atomic mass is 16.5. The van der Waals surface area contributed by atoms with Gasteiger partial charge >= 0.3 is 6.03 Å². The zero-order chi connectivity index (χ0) is 19.1. The van der Waals surface area contributed by atoms with E-state index in [4.69, 9.17) is 4.74 Å². The molecule has 2 aromatic carbocycles. The minimum Gasteiger partial charge on any atom is -0.487 e. The number of urea groups is 1. The molecule has 1 saturated carbocycles. The van der Waals surface area contributed by atoms with Gasteiger partial charge < -0.3 is 15.4 Å². The van der Waals surface area contributed by atoms with Crippen LogP contribution in [0.5, 0.6) is 5.75 Å². The number of carbonyl (C=O) groups is 1. The molecular weight excluding hydrogens is 350 g/mol. The molecule has 2 N–H and O–H groups in total. The Morgan fingerprint density at radius 1 is 1.11 bits per heavy atom. The molecule has 1 spiro atoms. The number of aromatic nitrogens is 1. The second-order valence-corrected chi connectivity index (χ2v) is 7.83. The van der Waals surface area contributed by atoms with Crippen LogP contribution in [0.3, 0.4) is 0 Å². The third kappa shape index (κ3) is 2.87. The van der Waals surface area contributed by atoms with E-state index in [1.807, 2.05) is 55.5 Å². The summed E-state index contributed by atoms with van der Waals surface area (Å²) in [4.78, 5) is 17.2. The third-order valence-corrected chi connectivity index (χ3v) is 6.02. The highest BCUT2D eigenvalue weighted by molar-refractivity contribution is 6.02. The molecule has 5 rings (SSSR count). The van der Waals surface area contributed by atoms with E-state index in [0.29, 0.717) is 0 Å². The van der Waals surface area contributed by atoms with Gasteiger partial charge in [0.05, 0.1) is 11.7 Å². The quantitative estimate of drug-likeness (QED) is 0.656. The Morgan fingerprint density at radius 2 is 1.96 bits per heavy atom. The van der Waals surface area contributed by atoms with Crippen LogP contribution < -0.4 is 15.4 Å². The molecule has 0 saturated heterocycles. The molecule has 5 nitrogen and oxygen atoms in total. The Labute approximate surface area is 164 Å². The second-order valence-electron chi connectivity index (χ2n) is 7.83. The van der Waals surface area contributed by atoms with Crippen LogP contribution in [0, 0.1) is 6.92 Å². The van der Waals surface area contributed by atoms with E-state index < -0.39 is 0 Å². The van der Waals surface area contributed by atoms with Crippen LogP contribution in [0.4, 0.5) is 10.5 Å². The van der Waals surface area contributed by atoms with Crippen molar-refractivity contribution in [2.75, 3.05) is 5.32 Å². The van der Waals surface area contributed by atoms with Crippen LogP contribution in [0.1, 0.15) is 43.0 Å². The molecule has 2 amide bonds. The monoisotopic (exact) mass is 373 g/mol. The SMILES string of the molecule is Cc1nccc2c(NC(=O)NC3CC4(CCC4)Oc4ccccc43)cccc12. The van der Waals surface area contributed by atoms with Gasteiger partial charge in [0.1, 0.15) is 11.4 Å². The fraction of sp³-hybridized carbons (Fsp3) is 0.304. The summed E-state index contributed by atoms with van der Waals surface area (Å²) in [7, 11) is 0. The largest absolute Gasteiger partial charge is 0.487 e. The molecule has 1 unspecified atom stereocenters. The number of carbonyl (C=O) groups excluding carboxylic acids is 1. The van der Waals surface area contributed by atoms with E-state index in [9.17, 15) is 4.79 Å². The lowest BCUT2D eigenvalue weighted by Gasteiger charge is -2.48. The Balaban J connectivity index is 1.40. The fourth-order valence-corrected chi connectivity index (χ4v) is 4.40. The fourth-order valence-electron chi connectivity index (χ4n) is 4.40. The standard InChI is InChI=1S/C23H23N3O2/c1-15-16-7-4-8-19(17(16)10-13-24-15)25-22(27)26-20-14-23(11-5-12-23)28-21-9-3-2-6-18(20)21/h2-4,6-10,13,20H,5,11-12,14H2,1H3,(H2,25,26,27). The maximum Gasteiger partial charge on any atom is 0.319 e. The first-order valence-electron chi connectivity index (χ1n) is 9.83. The van der Waals surface area contributed by atoms with Crippen molar-refractivity contribution >= 4 is 22.5 Å². The molecule has 1 fully saturated rings. The number of aryl methyl sites for hydroxylation is 1. The molecule has 2 aliphatic rings. The molecule has 1 aromatic heterocycles. The Bertz CT molecular complexity index is 1060. The minimum atomic E-state index is -0.196. The zero-order valence-electron chi connectivity index (χ0n) is 15.9. The van der Waals surface area contributed by atoms with Crippen LogP contribution in [-0.2, 0) is 0 Å². The first kappa shape index (κ1) is 17.0. The van der Waals surface area contributed by atoms with E-state index in [1.54, 1.807) is 6.20 Å². The molecule has 0 bridgehead atoms. The highest BCUT2D eigenvalue weighted by Gasteiger charge is 2.45. The lowest BCUT2D eigenvalue weighted by Crippen LogP contribution is -2.50. The summed E-state index contributed by atoms with van der Waals surface area (Å²) in [5.41, 5.74) is 2.67. The van der Waals surface area contributed by atoms with Crippen molar-refractivity contribution in [1.29, 1.82) is 0 Å². The lowest BCUT2D eigenvalue weighted by atomic mass is 9.73.